The van der Waals surface area contributed by atoms with Crippen LogP contribution in [0, 0.1) is 5.92 Å². The maximum Gasteiger partial charge on any atom is 0.115 e. The summed E-state index contributed by atoms with van der Waals surface area (Å²) in [6.07, 6.45) is 4.44. The lowest BCUT2D eigenvalue weighted by Gasteiger charge is -1.86. The second-order valence-electron chi connectivity index (χ2n) is 2.16. The van der Waals surface area contributed by atoms with E-state index in [0.29, 0.717) is 5.92 Å². The van der Waals surface area contributed by atoms with E-state index in [1.807, 2.05) is 13.8 Å². The molecule has 0 amide bonds. The molecule has 0 saturated carbocycles. The molecular weight excluding hydrogens is 140 g/mol. The molecule has 0 spiro atoms. The predicted molar refractivity (Wildman–Crippen MR) is 46.6 cm³/mol. The van der Waals surface area contributed by atoms with Crippen LogP contribution in [0.2, 0.25) is 0 Å². The molecular formula is C8H12N2O. The molecule has 0 saturated heterocycles. The van der Waals surface area contributed by atoms with Crippen molar-refractivity contribution in [2.24, 2.45) is 16.1 Å². The highest BCUT2D eigenvalue weighted by Crippen LogP contribution is 1.83. The Hall–Kier alpha value is -1.34. The summed E-state index contributed by atoms with van der Waals surface area (Å²) >= 11 is 0. The van der Waals surface area contributed by atoms with Crippen molar-refractivity contribution in [3.05, 3.63) is 19.0 Å². The zero-order chi connectivity index (χ0) is 8.53. The van der Waals surface area contributed by atoms with Crippen molar-refractivity contribution < 1.29 is 4.84 Å². The molecule has 0 N–H and O–H groups in total. The van der Waals surface area contributed by atoms with Crippen molar-refractivity contribution in [3.63, 3.8) is 0 Å². The van der Waals surface area contributed by atoms with Gasteiger partial charge < -0.3 is 4.84 Å². The third-order valence-electron chi connectivity index (χ3n) is 0.696. The fraction of sp³-hybridized carbons (Fsp3) is 0.375. The van der Waals surface area contributed by atoms with Crippen LogP contribution in [0.5, 0.6) is 0 Å². The molecule has 0 aliphatic rings. The van der Waals surface area contributed by atoms with E-state index in [2.05, 4.69) is 27.4 Å². The standard InChI is InChI=1S/C8H12N2O/c1-4-11-10-6-5-9-7-8(2)3/h4-5,7-8H,1H2,2-3H3/b9-7+. The number of nitrogens with zero attached hydrogens (tertiary/aromatic N) is 2. The molecule has 11 heavy (non-hydrogen) atoms. The number of aliphatic imine (C=N–C) groups is 1. The normalized spacial score (nSPS) is 9.36. The summed E-state index contributed by atoms with van der Waals surface area (Å²) in [6, 6.07) is 0. The van der Waals surface area contributed by atoms with Crippen LogP contribution in [0.1, 0.15) is 13.8 Å². The lowest BCUT2D eigenvalue weighted by atomic mass is 10.3. The average Bonchev–Trinajstić information content (AvgIpc) is 1.96. The van der Waals surface area contributed by atoms with Crippen LogP contribution >= 0.6 is 0 Å². The summed E-state index contributed by atoms with van der Waals surface area (Å²) in [5.74, 6) is 2.89. The van der Waals surface area contributed by atoms with E-state index in [1.54, 1.807) is 6.21 Å². The van der Waals surface area contributed by atoms with E-state index >= 15 is 0 Å². The third kappa shape index (κ3) is 8.66. The Morgan fingerprint density at radius 2 is 2.27 bits per heavy atom. The van der Waals surface area contributed by atoms with E-state index in [9.17, 15) is 0 Å². The van der Waals surface area contributed by atoms with Crippen LogP contribution in [0.15, 0.2) is 29.2 Å². The van der Waals surface area contributed by atoms with Gasteiger partial charge in [0.2, 0.25) is 0 Å². The average molecular weight is 152 g/mol. The zero-order valence-corrected chi connectivity index (χ0v) is 6.82. The van der Waals surface area contributed by atoms with Crippen molar-refractivity contribution in [1.29, 1.82) is 0 Å². The van der Waals surface area contributed by atoms with Crippen LogP contribution in [0.3, 0.4) is 0 Å². The largest absolute Gasteiger partial charge is 0.357 e. The Morgan fingerprint density at radius 1 is 1.55 bits per heavy atom. The van der Waals surface area contributed by atoms with Crippen molar-refractivity contribution in [3.8, 4) is 0 Å². The summed E-state index contributed by atoms with van der Waals surface area (Å²) in [6.45, 7) is 7.37. The molecule has 3 nitrogen and oxygen atoms in total. The molecule has 60 valence electrons. The number of hydrogen-bond donors (Lipinski definition) is 0. The van der Waals surface area contributed by atoms with Crippen molar-refractivity contribution in [1.82, 2.24) is 0 Å². The van der Waals surface area contributed by atoms with Gasteiger partial charge in [-0.1, -0.05) is 20.4 Å². The molecule has 0 radical (unpaired) electrons. The van der Waals surface area contributed by atoms with Crippen molar-refractivity contribution in [2.75, 3.05) is 0 Å². The van der Waals surface area contributed by atoms with Gasteiger partial charge in [0, 0.05) is 12.1 Å². The van der Waals surface area contributed by atoms with Crippen LogP contribution < -0.4 is 0 Å². The fourth-order valence-electron chi connectivity index (χ4n) is 0.340. The molecule has 0 heterocycles. The Bertz CT molecular complexity index is 188. The first kappa shape index (κ1) is 9.66. The minimum Gasteiger partial charge on any atom is -0.357 e. The Kier molecular flexibility index (Phi) is 5.95. The highest BCUT2D eigenvalue weighted by atomic mass is 16.6. The number of hydrogen-bond acceptors (Lipinski definition) is 3. The van der Waals surface area contributed by atoms with Gasteiger partial charge in [0.05, 0.1) is 6.20 Å². The molecule has 0 aromatic carbocycles. The van der Waals surface area contributed by atoms with Gasteiger partial charge in [-0.2, -0.15) is 0 Å². The molecule has 0 bridgehead atoms. The van der Waals surface area contributed by atoms with Crippen molar-refractivity contribution >= 4 is 12.1 Å². The maximum atomic E-state index is 4.41. The van der Waals surface area contributed by atoms with Gasteiger partial charge in [-0.25, -0.2) is 0 Å². The van der Waals surface area contributed by atoms with E-state index < -0.39 is 0 Å². The highest BCUT2D eigenvalue weighted by molar-refractivity contribution is 5.63. The second-order valence-corrected chi connectivity index (χ2v) is 2.16. The van der Waals surface area contributed by atoms with E-state index in [4.69, 9.17) is 0 Å². The molecule has 3 heteroatoms. The fourth-order valence-corrected chi connectivity index (χ4v) is 0.340. The van der Waals surface area contributed by atoms with Crippen LogP contribution in [0.25, 0.3) is 0 Å². The van der Waals surface area contributed by atoms with Gasteiger partial charge in [0.15, 0.2) is 0 Å². The summed E-state index contributed by atoms with van der Waals surface area (Å²) in [4.78, 5) is 8.29. The van der Waals surface area contributed by atoms with Gasteiger partial charge in [0.25, 0.3) is 0 Å². The minimum absolute atomic E-state index is 0.438. The molecule has 0 aromatic heterocycles. The van der Waals surface area contributed by atoms with Gasteiger partial charge >= 0.3 is 0 Å². The summed E-state index contributed by atoms with van der Waals surface area (Å²) < 4.78 is 0. The first-order chi connectivity index (χ1) is 5.27. The molecule has 0 aliphatic carbocycles. The van der Waals surface area contributed by atoms with Crippen LogP contribution in [-0.4, -0.2) is 12.1 Å². The molecule has 0 unspecified atom stereocenters. The summed E-state index contributed by atoms with van der Waals surface area (Å²) in [7, 11) is 0. The van der Waals surface area contributed by atoms with Gasteiger partial charge in [-0.3, -0.25) is 4.99 Å². The smallest absolute Gasteiger partial charge is 0.115 e. The van der Waals surface area contributed by atoms with Crippen LogP contribution in [-0.2, 0) is 4.84 Å². The quantitative estimate of drug-likeness (QED) is 0.344. The highest BCUT2D eigenvalue weighted by Gasteiger charge is 1.79. The van der Waals surface area contributed by atoms with E-state index in [-0.39, 0.29) is 0 Å². The molecule has 0 atom stereocenters. The molecule has 0 fully saturated rings. The molecule has 0 aromatic rings. The number of rotatable bonds is 4. The predicted octanol–water partition coefficient (Wildman–Crippen LogP) is 1.97. The second kappa shape index (κ2) is 6.78. The van der Waals surface area contributed by atoms with E-state index in [1.165, 1.54) is 12.5 Å². The van der Waals surface area contributed by atoms with Gasteiger partial charge in [0.1, 0.15) is 6.26 Å². The maximum absolute atomic E-state index is 4.41. The molecule has 0 aliphatic heterocycles. The van der Waals surface area contributed by atoms with Gasteiger partial charge in [-0.05, 0) is 11.1 Å². The zero-order valence-electron chi connectivity index (χ0n) is 6.82. The monoisotopic (exact) mass is 152 g/mol. The first-order valence-electron chi connectivity index (χ1n) is 3.34. The van der Waals surface area contributed by atoms with Crippen LogP contribution in [0.4, 0.5) is 0 Å². The van der Waals surface area contributed by atoms with Crippen molar-refractivity contribution in [2.45, 2.75) is 13.8 Å². The van der Waals surface area contributed by atoms with E-state index in [0.717, 1.165) is 0 Å². The molecule has 0 rings (SSSR count). The summed E-state index contributed by atoms with van der Waals surface area (Å²) in [5, 5.41) is 3.35. The Balaban J connectivity index is 3.66. The Morgan fingerprint density at radius 3 is 2.82 bits per heavy atom. The lowest BCUT2D eigenvalue weighted by Crippen LogP contribution is -1.84. The Labute approximate surface area is 66.8 Å². The summed E-state index contributed by atoms with van der Waals surface area (Å²) in [5.41, 5.74) is 0. The lowest BCUT2D eigenvalue weighted by molar-refractivity contribution is 0.273. The minimum atomic E-state index is 0.438. The topological polar surface area (TPSA) is 34.0 Å². The first-order valence-corrected chi connectivity index (χ1v) is 3.34. The third-order valence-corrected chi connectivity index (χ3v) is 0.696. The van der Waals surface area contributed by atoms with Gasteiger partial charge in [-0.15, -0.1) is 0 Å². The SMILES string of the molecule is C=CON=C=C/N=C/C(C)C.